The highest BCUT2D eigenvalue weighted by molar-refractivity contribution is 5.93. The first kappa shape index (κ1) is 14.5. The number of nitrogens with zero attached hydrogens (tertiary/aromatic N) is 1. The molecule has 2 heterocycles. The fourth-order valence-corrected chi connectivity index (χ4v) is 3.45. The molecule has 3 rings (SSSR count). The van der Waals surface area contributed by atoms with E-state index in [-0.39, 0.29) is 5.97 Å². The Morgan fingerprint density at radius 1 is 1.52 bits per heavy atom. The Morgan fingerprint density at radius 3 is 3.10 bits per heavy atom. The van der Waals surface area contributed by atoms with E-state index < -0.39 is 6.10 Å². The predicted molar refractivity (Wildman–Crippen MR) is 78.9 cm³/mol. The fraction of sp³-hybridized carbons (Fsp3) is 0.562. The molecule has 5 heteroatoms. The van der Waals surface area contributed by atoms with Crippen LogP contribution in [0.5, 0.6) is 0 Å². The SMILES string of the molecule is Cc1c(C(O)CN2CCCC2CN)ccc2c1COC2=O. The molecule has 2 atom stereocenters. The Morgan fingerprint density at radius 2 is 2.33 bits per heavy atom. The van der Waals surface area contributed by atoms with Crippen molar-refractivity contribution < 1.29 is 14.6 Å². The summed E-state index contributed by atoms with van der Waals surface area (Å²) in [5, 5.41) is 10.6. The number of aliphatic hydroxyl groups is 1. The second-order valence-electron chi connectivity index (χ2n) is 5.92. The lowest BCUT2D eigenvalue weighted by Crippen LogP contribution is -2.38. The van der Waals surface area contributed by atoms with Gasteiger partial charge in [0.1, 0.15) is 6.61 Å². The second kappa shape index (κ2) is 5.75. The van der Waals surface area contributed by atoms with Crippen LogP contribution in [0.4, 0.5) is 0 Å². The molecule has 2 aliphatic rings. The zero-order valence-corrected chi connectivity index (χ0v) is 12.3. The first-order valence-electron chi connectivity index (χ1n) is 7.53. The minimum Gasteiger partial charge on any atom is -0.457 e. The molecule has 0 aliphatic carbocycles. The first-order valence-corrected chi connectivity index (χ1v) is 7.53. The molecule has 0 amide bonds. The highest BCUT2D eigenvalue weighted by Crippen LogP contribution is 2.30. The van der Waals surface area contributed by atoms with Gasteiger partial charge in [-0.2, -0.15) is 0 Å². The molecule has 2 unspecified atom stereocenters. The molecule has 1 aromatic rings. The second-order valence-corrected chi connectivity index (χ2v) is 5.92. The molecule has 1 aromatic carbocycles. The lowest BCUT2D eigenvalue weighted by molar-refractivity contribution is 0.0535. The molecular formula is C16H22N2O3. The quantitative estimate of drug-likeness (QED) is 0.813. The summed E-state index contributed by atoms with van der Waals surface area (Å²) in [4.78, 5) is 13.8. The number of nitrogens with two attached hydrogens (primary N) is 1. The molecule has 0 saturated carbocycles. The van der Waals surface area contributed by atoms with Crippen LogP contribution < -0.4 is 5.73 Å². The lowest BCUT2D eigenvalue weighted by Gasteiger charge is -2.26. The molecule has 5 nitrogen and oxygen atoms in total. The van der Waals surface area contributed by atoms with E-state index >= 15 is 0 Å². The van der Waals surface area contributed by atoms with Crippen molar-refractivity contribution >= 4 is 5.97 Å². The van der Waals surface area contributed by atoms with Crippen molar-refractivity contribution in [3.8, 4) is 0 Å². The minimum atomic E-state index is -0.557. The molecule has 0 spiro atoms. The molecule has 0 radical (unpaired) electrons. The highest BCUT2D eigenvalue weighted by Gasteiger charge is 2.29. The number of carbonyl (C=O) groups excluding carboxylic acids is 1. The van der Waals surface area contributed by atoms with E-state index in [1.807, 2.05) is 13.0 Å². The van der Waals surface area contributed by atoms with Crippen LogP contribution in [0.3, 0.4) is 0 Å². The van der Waals surface area contributed by atoms with E-state index in [9.17, 15) is 9.90 Å². The fourth-order valence-electron chi connectivity index (χ4n) is 3.45. The van der Waals surface area contributed by atoms with Gasteiger partial charge in [-0.25, -0.2) is 4.79 Å². The number of carbonyl (C=O) groups is 1. The Labute approximate surface area is 124 Å². The zero-order valence-electron chi connectivity index (χ0n) is 12.3. The third kappa shape index (κ3) is 2.57. The number of hydrogen-bond acceptors (Lipinski definition) is 5. The van der Waals surface area contributed by atoms with E-state index in [0.29, 0.717) is 31.3 Å². The van der Waals surface area contributed by atoms with Gasteiger partial charge in [0.2, 0.25) is 0 Å². The third-order valence-corrected chi connectivity index (χ3v) is 4.75. The molecule has 21 heavy (non-hydrogen) atoms. The Bertz CT molecular complexity index is 559. The summed E-state index contributed by atoms with van der Waals surface area (Å²) in [6.45, 7) is 4.48. The van der Waals surface area contributed by atoms with Gasteiger partial charge in [-0.15, -0.1) is 0 Å². The number of esters is 1. The number of ether oxygens (including phenoxy) is 1. The number of β-amino-alcohol motifs (C(OH)–C–C–N with tert-alkyl or cyclic N) is 1. The van der Waals surface area contributed by atoms with Crippen LogP contribution in [-0.4, -0.2) is 41.7 Å². The maximum absolute atomic E-state index is 11.6. The monoisotopic (exact) mass is 290 g/mol. The Kier molecular flexibility index (Phi) is 3.97. The van der Waals surface area contributed by atoms with Gasteiger partial charge >= 0.3 is 5.97 Å². The summed E-state index contributed by atoms with van der Waals surface area (Å²) in [6, 6.07) is 3.99. The van der Waals surface area contributed by atoms with Gasteiger partial charge in [0, 0.05) is 24.7 Å². The molecule has 114 valence electrons. The lowest BCUT2D eigenvalue weighted by atomic mass is 9.95. The van der Waals surface area contributed by atoms with Gasteiger partial charge in [0.15, 0.2) is 0 Å². The molecule has 1 saturated heterocycles. The molecule has 3 N–H and O–H groups in total. The average molecular weight is 290 g/mol. The summed E-state index contributed by atoms with van der Waals surface area (Å²) in [6.07, 6.45) is 1.69. The van der Waals surface area contributed by atoms with Crippen LogP contribution in [-0.2, 0) is 11.3 Å². The van der Waals surface area contributed by atoms with Gasteiger partial charge in [0.05, 0.1) is 11.7 Å². The van der Waals surface area contributed by atoms with Crippen molar-refractivity contribution in [3.63, 3.8) is 0 Å². The number of cyclic esters (lactones) is 1. The first-order chi connectivity index (χ1) is 10.1. The smallest absolute Gasteiger partial charge is 0.338 e. The number of rotatable bonds is 4. The standard InChI is InChI=1S/C16H22N2O3/c1-10-12(4-5-13-14(10)9-21-16(13)20)15(19)8-18-6-2-3-11(18)7-17/h4-5,11,15,19H,2-3,6-9,17H2,1H3. The van der Waals surface area contributed by atoms with E-state index in [0.717, 1.165) is 36.1 Å². The number of likely N-dealkylation sites (tertiary alicyclic amines) is 1. The minimum absolute atomic E-state index is 0.267. The number of hydrogen-bond donors (Lipinski definition) is 2. The molecule has 0 bridgehead atoms. The number of aliphatic hydroxyl groups excluding tert-OH is 1. The molecule has 2 aliphatic heterocycles. The van der Waals surface area contributed by atoms with Crippen LogP contribution in [0.15, 0.2) is 12.1 Å². The third-order valence-electron chi connectivity index (χ3n) is 4.75. The van der Waals surface area contributed by atoms with Crippen LogP contribution in [0.2, 0.25) is 0 Å². The van der Waals surface area contributed by atoms with Crippen molar-refractivity contribution in [2.24, 2.45) is 5.73 Å². The van der Waals surface area contributed by atoms with E-state index in [1.54, 1.807) is 6.07 Å². The maximum Gasteiger partial charge on any atom is 0.338 e. The molecule has 1 fully saturated rings. The topological polar surface area (TPSA) is 75.8 Å². The highest BCUT2D eigenvalue weighted by atomic mass is 16.5. The predicted octanol–water partition coefficient (Wildman–Crippen LogP) is 1.12. The van der Waals surface area contributed by atoms with Gasteiger partial charge < -0.3 is 15.6 Å². The van der Waals surface area contributed by atoms with Gasteiger partial charge in [-0.05, 0) is 43.5 Å². The molecule has 0 aromatic heterocycles. The van der Waals surface area contributed by atoms with Crippen molar-refractivity contribution in [3.05, 3.63) is 34.4 Å². The zero-order chi connectivity index (χ0) is 15.0. The van der Waals surface area contributed by atoms with Gasteiger partial charge in [0.25, 0.3) is 0 Å². The number of fused-ring (bicyclic) bond motifs is 1. The Balaban J connectivity index is 1.79. The van der Waals surface area contributed by atoms with Crippen LogP contribution in [0.1, 0.15) is 46.0 Å². The largest absolute Gasteiger partial charge is 0.457 e. The van der Waals surface area contributed by atoms with Crippen molar-refractivity contribution in [1.82, 2.24) is 4.90 Å². The van der Waals surface area contributed by atoms with Gasteiger partial charge in [-0.3, -0.25) is 4.90 Å². The van der Waals surface area contributed by atoms with Gasteiger partial charge in [-0.1, -0.05) is 6.07 Å². The van der Waals surface area contributed by atoms with E-state index in [1.165, 1.54) is 0 Å². The average Bonchev–Trinajstić information content (AvgIpc) is 3.06. The van der Waals surface area contributed by atoms with Crippen molar-refractivity contribution in [1.29, 1.82) is 0 Å². The summed E-state index contributed by atoms with van der Waals surface area (Å²) in [5.74, 6) is -0.267. The van der Waals surface area contributed by atoms with Crippen molar-refractivity contribution in [2.75, 3.05) is 19.6 Å². The Hall–Kier alpha value is -1.43. The summed E-state index contributed by atoms with van der Waals surface area (Å²) >= 11 is 0. The van der Waals surface area contributed by atoms with Crippen LogP contribution in [0.25, 0.3) is 0 Å². The van der Waals surface area contributed by atoms with Crippen LogP contribution in [0, 0.1) is 6.92 Å². The van der Waals surface area contributed by atoms with Crippen LogP contribution >= 0.6 is 0 Å². The summed E-state index contributed by atoms with van der Waals surface area (Å²) in [5.41, 5.74) is 9.17. The number of benzene rings is 1. The van der Waals surface area contributed by atoms with E-state index in [2.05, 4.69) is 4.90 Å². The summed E-state index contributed by atoms with van der Waals surface area (Å²) in [7, 11) is 0. The maximum atomic E-state index is 11.6. The normalized spacial score (nSPS) is 23.2. The van der Waals surface area contributed by atoms with Crippen molar-refractivity contribution in [2.45, 2.75) is 38.5 Å². The summed E-state index contributed by atoms with van der Waals surface area (Å²) < 4.78 is 5.06. The molecular weight excluding hydrogens is 268 g/mol. The van der Waals surface area contributed by atoms with E-state index in [4.69, 9.17) is 10.5 Å².